The van der Waals surface area contributed by atoms with Crippen LogP contribution < -0.4 is 0 Å². The molecule has 1 rings (SSSR count). The molecule has 1 saturated carbocycles. The predicted octanol–water partition coefficient (Wildman–Crippen LogP) is 2.02. The number of methoxy groups -OCH3 is 1. The standard InChI is InChI=1S/C14H22O5/c1-3-19-12(16)10-11(15)14(13(17)18-2)8-6-4-5-7-9-14/h3-10H2,1-2H3. The van der Waals surface area contributed by atoms with Crippen LogP contribution in [0.25, 0.3) is 0 Å². The Labute approximate surface area is 113 Å². The van der Waals surface area contributed by atoms with Crippen molar-refractivity contribution < 1.29 is 23.9 Å². The minimum absolute atomic E-state index is 0.233. The fourth-order valence-corrected chi connectivity index (χ4v) is 2.64. The molecule has 0 bridgehead atoms. The summed E-state index contributed by atoms with van der Waals surface area (Å²) in [5, 5.41) is 0. The predicted molar refractivity (Wildman–Crippen MR) is 68.4 cm³/mol. The van der Waals surface area contributed by atoms with Crippen LogP contribution >= 0.6 is 0 Å². The second kappa shape index (κ2) is 7.26. The van der Waals surface area contributed by atoms with Crippen molar-refractivity contribution in [1.29, 1.82) is 0 Å². The van der Waals surface area contributed by atoms with Crippen molar-refractivity contribution >= 4 is 17.7 Å². The van der Waals surface area contributed by atoms with Gasteiger partial charge in [0.25, 0.3) is 0 Å². The van der Waals surface area contributed by atoms with E-state index in [1.807, 2.05) is 0 Å². The van der Waals surface area contributed by atoms with Crippen molar-refractivity contribution in [1.82, 2.24) is 0 Å². The molecule has 0 spiro atoms. The Morgan fingerprint density at radius 2 is 1.63 bits per heavy atom. The smallest absolute Gasteiger partial charge is 0.319 e. The Balaban J connectivity index is 2.86. The molecule has 1 aliphatic carbocycles. The van der Waals surface area contributed by atoms with Gasteiger partial charge in [-0.25, -0.2) is 0 Å². The summed E-state index contributed by atoms with van der Waals surface area (Å²) < 4.78 is 9.58. The minimum atomic E-state index is -1.14. The lowest BCUT2D eigenvalue weighted by Crippen LogP contribution is -2.41. The Kier molecular flexibility index (Phi) is 5.99. The van der Waals surface area contributed by atoms with Crippen LogP contribution in [0, 0.1) is 5.41 Å². The van der Waals surface area contributed by atoms with Crippen LogP contribution in [0.5, 0.6) is 0 Å². The Bertz CT molecular complexity index is 340. The molecule has 0 amide bonds. The van der Waals surface area contributed by atoms with Gasteiger partial charge in [0.15, 0.2) is 5.78 Å². The summed E-state index contributed by atoms with van der Waals surface area (Å²) in [6, 6.07) is 0. The van der Waals surface area contributed by atoms with Crippen LogP contribution in [0.1, 0.15) is 51.9 Å². The first kappa shape index (κ1) is 15.7. The second-order valence-corrected chi connectivity index (χ2v) is 4.89. The number of ether oxygens (including phenoxy) is 2. The molecule has 5 nitrogen and oxygen atoms in total. The monoisotopic (exact) mass is 270 g/mol. The topological polar surface area (TPSA) is 69.7 Å². The maximum Gasteiger partial charge on any atom is 0.319 e. The first-order valence-corrected chi connectivity index (χ1v) is 6.84. The average Bonchev–Trinajstić information content (AvgIpc) is 2.64. The van der Waals surface area contributed by atoms with E-state index in [2.05, 4.69) is 0 Å². The van der Waals surface area contributed by atoms with Crippen molar-refractivity contribution in [2.24, 2.45) is 5.41 Å². The fourth-order valence-electron chi connectivity index (χ4n) is 2.64. The van der Waals surface area contributed by atoms with E-state index in [1.165, 1.54) is 7.11 Å². The zero-order valence-corrected chi connectivity index (χ0v) is 11.7. The maximum absolute atomic E-state index is 12.4. The Hall–Kier alpha value is -1.39. The number of ketones is 1. The molecule has 0 unspecified atom stereocenters. The van der Waals surface area contributed by atoms with Crippen LogP contribution in [-0.2, 0) is 23.9 Å². The summed E-state index contributed by atoms with van der Waals surface area (Å²) in [6.45, 7) is 1.92. The minimum Gasteiger partial charge on any atom is -0.468 e. The van der Waals surface area contributed by atoms with E-state index in [0.717, 1.165) is 25.7 Å². The lowest BCUT2D eigenvalue weighted by molar-refractivity contribution is -0.160. The zero-order valence-electron chi connectivity index (χ0n) is 11.7. The van der Waals surface area contributed by atoms with E-state index in [4.69, 9.17) is 9.47 Å². The van der Waals surface area contributed by atoms with Gasteiger partial charge in [0.1, 0.15) is 11.8 Å². The van der Waals surface area contributed by atoms with Gasteiger partial charge in [-0.3, -0.25) is 14.4 Å². The van der Waals surface area contributed by atoms with Gasteiger partial charge in [-0.1, -0.05) is 25.7 Å². The quantitative estimate of drug-likeness (QED) is 0.434. The highest BCUT2D eigenvalue weighted by molar-refractivity contribution is 6.09. The Morgan fingerprint density at radius 1 is 1.05 bits per heavy atom. The van der Waals surface area contributed by atoms with E-state index in [-0.39, 0.29) is 18.8 Å². The van der Waals surface area contributed by atoms with Crippen LogP contribution in [-0.4, -0.2) is 31.4 Å². The molecule has 1 aliphatic rings. The lowest BCUT2D eigenvalue weighted by Gasteiger charge is -2.27. The molecule has 0 aromatic carbocycles. The molecule has 0 saturated heterocycles. The molecule has 5 heteroatoms. The molecule has 0 aromatic rings. The first-order valence-electron chi connectivity index (χ1n) is 6.84. The molecule has 0 aliphatic heterocycles. The summed E-state index contributed by atoms with van der Waals surface area (Å²) in [6.07, 6.45) is 4.23. The number of rotatable bonds is 5. The van der Waals surface area contributed by atoms with Crippen LogP contribution in [0.4, 0.5) is 0 Å². The van der Waals surface area contributed by atoms with Crippen molar-refractivity contribution in [2.45, 2.75) is 51.9 Å². The summed E-state index contributed by atoms with van der Waals surface area (Å²) in [7, 11) is 1.28. The molecule has 0 atom stereocenters. The number of hydrogen-bond donors (Lipinski definition) is 0. The summed E-state index contributed by atoms with van der Waals surface area (Å²) in [5.41, 5.74) is -1.14. The number of hydrogen-bond acceptors (Lipinski definition) is 5. The average molecular weight is 270 g/mol. The molecule has 108 valence electrons. The third-order valence-electron chi connectivity index (χ3n) is 3.68. The van der Waals surface area contributed by atoms with Gasteiger partial charge in [-0.05, 0) is 19.8 Å². The van der Waals surface area contributed by atoms with E-state index in [1.54, 1.807) is 6.92 Å². The lowest BCUT2D eigenvalue weighted by atomic mass is 9.75. The summed E-state index contributed by atoms with van der Waals surface area (Å²) in [4.78, 5) is 35.8. The molecule has 0 heterocycles. The summed E-state index contributed by atoms with van der Waals surface area (Å²) in [5.74, 6) is -1.44. The Morgan fingerprint density at radius 3 is 2.11 bits per heavy atom. The van der Waals surface area contributed by atoms with Gasteiger partial charge >= 0.3 is 11.9 Å². The van der Waals surface area contributed by atoms with Crippen LogP contribution in [0.2, 0.25) is 0 Å². The molecular formula is C14H22O5. The third kappa shape index (κ3) is 3.78. The highest BCUT2D eigenvalue weighted by atomic mass is 16.5. The van der Waals surface area contributed by atoms with Crippen LogP contribution in [0.15, 0.2) is 0 Å². The molecule has 0 radical (unpaired) electrons. The van der Waals surface area contributed by atoms with Crippen molar-refractivity contribution in [2.75, 3.05) is 13.7 Å². The van der Waals surface area contributed by atoms with E-state index >= 15 is 0 Å². The maximum atomic E-state index is 12.4. The number of carbonyl (C=O) groups is 3. The highest BCUT2D eigenvalue weighted by Gasteiger charge is 2.46. The van der Waals surface area contributed by atoms with Crippen molar-refractivity contribution in [3.63, 3.8) is 0 Å². The van der Waals surface area contributed by atoms with E-state index in [9.17, 15) is 14.4 Å². The molecule has 19 heavy (non-hydrogen) atoms. The van der Waals surface area contributed by atoms with Crippen molar-refractivity contribution in [3.05, 3.63) is 0 Å². The normalized spacial score (nSPS) is 18.2. The van der Waals surface area contributed by atoms with E-state index < -0.39 is 17.4 Å². The molecule has 0 N–H and O–H groups in total. The molecule has 0 aromatic heterocycles. The fraction of sp³-hybridized carbons (Fsp3) is 0.786. The van der Waals surface area contributed by atoms with Crippen LogP contribution in [0.3, 0.4) is 0 Å². The van der Waals surface area contributed by atoms with Gasteiger partial charge in [0.2, 0.25) is 0 Å². The number of Topliss-reactive ketones (excluding diaryl/α,β-unsaturated/α-hetero) is 1. The number of carbonyl (C=O) groups excluding carboxylic acids is 3. The highest BCUT2D eigenvalue weighted by Crippen LogP contribution is 2.38. The van der Waals surface area contributed by atoms with Gasteiger partial charge < -0.3 is 9.47 Å². The summed E-state index contributed by atoms with van der Waals surface area (Å²) >= 11 is 0. The van der Waals surface area contributed by atoms with Gasteiger partial charge in [0.05, 0.1) is 13.7 Å². The van der Waals surface area contributed by atoms with Gasteiger partial charge in [0, 0.05) is 0 Å². The largest absolute Gasteiger partial charge is 0.468 e. The molecule has 1 fully saturated rings. The second-order valence-electron chi connectivity index (χ2n) is 4.89. The van der Waals surface area contributed by atoms with Gasteiger partial charge in [-0.2, -0.15) is 0 Å². The van der Waals surface area contributed by atoms with Gasteiger partial charge in [-0.15, -0.1) is 0 Å². The SMILES string of the molecule is CCOC(=O)CC(=O)C1(C(=O)OC)CCCCCC1. The zero-order chi connectivity index (χ0) is 14.3. The third-order valence-corrected chi connectivity index (χ3v) is 3.68. The first-order chi connectivity index (χ1) is 9.06. The van der Waals surface area contributed by atoms with E-state index in [0.29, 0.717) is 12.8 Å². The molecular weight excluding hydrogens is 248 g/mol. The van der Waals surface area contributed by atoms with Crippen molar-refractivity contribution in [3.8, 4) is 0 Å². The number of esters is 2.